The number of likely N-dealkylation sites (tertiary alicyclic amines) is 1. The highest BCUT2D eigenvalue weighted by atomic mass is 16.5. The van der Waals surface area contributed by atoms with Gasteiger partial charge in [-0.2, -0.15) is 0 Å². The fourth-order valence-electron chi connectivity index (χ4n) is 6.32. The van der Waals surface area contributed by atoms with E-state index < -0.39 is 0 Å². The van der Waals surface area contributed by atoms with Crippen LogP contribution >= 0.6 is 0 Å². The van der Waals surface area contributed by atoms with E-state index in [1.54, 1.807) is 0 Å². The molecule has 2 aliphatic heterocycles. The van der Waals surface area contributed by atoms with Crippen LogP contribution in [0.25, 0.3) is 0 Å². The number of ether oxygens (including phenoxy) is 1. The number of rotatable bonds is 6. The molecular formula is C29H36N2O2. The van der Waals surface area contributed by atoms with Crippen molar-refractivity contribution in [2.45, 2.75) is 81.0 Å². The molecule has 0 N–H and O–H groups in total. The first-order valence-corrected chi connectivity index (χ1v) is 13.0. The second kappa shape index (κ2) is 8.56. The molecule has 6 rings (SSSR count). The molecule has 33 heavy (non-hydrogen) atoms. The largest absolute Gasteiger partial charge is 0.375 e. The SMILES string of the molecule is O=C(N1CCC2(CC1)CC(N(Cc1ccccc1)C1CC1)CCO2)C1(c2ccccc2)CC1. The smallest absolute Gasteiger partial charge is 0.233 e. The lowest BCUT2D eigenvalue weighted by molar-refractivity contribution is -0.151. The first-order valence-electron chi connectivity index (χ1n) is 13.0. The zero-order valence-corrected chi connectivity index (χ0v) is 19.6. The van der Waals surface area contributed by atoms with Crippen LogP contribution in [0.2, 0.25) is 0 Å². The highest BCUT2D eigenvalue weighted by molar-refractivity contribution is 5.91. The summed E-state index contributed by atoms with van der Waals surface area (Å²) in [6.07, 6.45) is 8.85. The average molecular weight is 445 g/mol. The van der Waals surface area contributed by atoms with Gasteiger partial charge in [0.15, 0.2) is 0 Å². The topological polar surface area (TPSA) is 32.8 Å². The van der Waals surface area contributed by atoms with Crippen LogP contribution in [0.15, 0.2) is 60.7 Å². The number of nitrogens with zero attached hydrogens (tertiary/aromatic N) is 2. The van der Waals surface area contributed by atoms with Crippen LogP contribution in [-0.4, -0.2) is 53.1 Å². The van der Waals surface area contributed by atoms with E-state index in [0.717, 1.165) is 70.8 Å². The van der Waals surface area contributed by atoms with E-state index in [-0.39, 0.29) is 11.0 Å². The van der Waals surface area contributed by atoms with Gasteiger partial charge in [-0.3, -0.25) is 9.69 Å². The number of carbonyl (C=O) groups excluding carboxylic acids is 1. The summed E-state index contributed by atoms with van der Waals surface area (Å²) in [4.78, 5) is 18.4. The highest BCUT2D eigenvalue weighted by Crippen LogP contribution is 2.50. The van der Waals surface area contributed by atoms with Gasteiger partial charge in [-0.1, -0.05) is 60.7 Å². The Labute approximate surface area is 197 Å². The second-order valence-electron chi connectivity index (χ2n) is 10.8. The molecule has 0 bridgehead atoms. The van der Waals surface area contributed by atoms with Crippen LogP contribution in [0.3, 0.4) is 0 Å². The maximum Gasteiger partial charge on any atom is 0.233 e. The number of carbonyl (C=O) groups is 1. The van der Waals surface area contributed by atoms with Crippen molar-refractivity contribution in [1.82, 2.24) is 9.80 Å². The van der Waals surface area contributed by atoms with E-state index in [4.69, 9.17) is 4.74 Å². The lowest BCUT2D eigenvalue weighted by Crippen LogP contribution is -2.55. The molecule has 0 aromatic heterocycles. The summed E-state index contributed by atoms with van der Waals surface area (Å²) in [6, 6.07) is 22.7. The summed E-state index contributed by atoms with van der Waals surface area (Å²) >= 11 is 0. The summed E-state index contributed by atoms with van der Waals surface area (Å²) in [7, 11) is 0. The Morgan fingerprint density at radius 3 is 2.18 bits per heavy atom. The molecule has 4 heteroatoms. The minimum atomic E-state index is -0.250. The van der Waals surface area contributed by atoms with Gasteiger partial charge in [0, 0.05) is 38.3 Å². The maximum atomic E-state index is 13.5. The monoisotopic (exact) mass is 444 g/mol. The molecule has 2 aliphatic carbocycles. The number of piperidine rings is 1. The van der Waals surface area contributed by atoms with Crippen LogP contribution in [0.1, 0.15) is 62.5 Å². The Hall–Kier alpha value is -2.17. The van der Waals surface area contributed by atoms with Gasteiger partial charge in [-0.05, 0) is 62.5 Å². The minimum Gasteiger partial charge on any atom is -0.375 e. The van der Waals surface area contributed by atoms with Crippen LogP contribution in [-0.2, 0) is 21.5 Å². The fraction of sp³-hybridized carbons (Fsp3) is 0.552. The van der Waals surface area contributed by atoms with E-state index in [0.29, 0.717) is 11.9 Å². The summed E-state index contributed by atoms with van der Waals surface area (Å²) in [5.74, 6) is 0.347. The molecular weight excluding hydrogens is 408 g/mol. The molecule has 2 aromatic carbocycles. The molecule has 2 aromatic rings. The van der Waals surface area contributed by atoms with Gasteiger partial charge in [-0.25, -0.2) is 0 Å². The molecule has 4 fully saturated rings. The van der Waals surface area contributed by atoms with Crippen LogP contribution < -0.4 is 0 Å². The number of amides is 1. The number of hydrogen-bond acceptors (Lipinski definition) is 3. The van der Waals surface area contributed by atoms with Gasteiger partial charge in [0.05, 0.1) is 11.0 Å². The van der Waals surface area contributed by atoms with E-state index >= 15 is 0 Å². The molecule has 2 saturated carbocycles. The van der Waals surface area contributed by atoms with Crippen LogP contribution in [0.5, 0.6) is 0 Å². The fourth-order valence-corrected chi connectivity index (χ4v) is 6.32. The van der Waals surface area contributed by atoms with Crippen LogP contribution in [0.4, 0.5) is 0 Å². The van der Waals surface area contributed by atoms with E-state index in [1.807, 2.05) is 6.07 Å². The number of benzene rings is 2. The van der Waals surface area contributed by atoms with Gasteiger partial charge in [0.1, 0.15) is 0 Å². The first kappa shape index (κ1) is 21.4. The van der Waals surface area contributed by atoms with E-state index in [1.165, 1.54) is 24.0 Å². The van der Waals surface area contributed by atoms with Crippen molar-refractivity contribution in [3.63, 3.8) is 0 Å². The van der Waals surface area contributed by atoms with E-state index in [2.05, 4.69) is 64.4 Å². The molecule has 174 valence electrons. The summed E-state index contributed by atoms with van der Waals surface area (Å²) in [6.45, 7) is 3.57. The maximum absolute atomic E-state index is 13.5. The Bertz CT molecular complexity index is 960. The van der Waals surface area contributed by atoms with Crippen molar-refractivity contribution in [2.24, 2.45) is 0 Å². The van der Waals surface area contributed by atoms with Crippen molar-refractivity contribution < 1.29 is 9.53 Å². The quantitative estimate of drug-likeness (QED) is 0.634. The summed E-state index contributed by atoms with van der Waals surface area (Å²) < 4.78 is 6.49. The molecule has 0 radical (unpaired) electrons. The van der Waals surface area contributed by atoms with Crippen molar-refractivity contribution in [2.75, 3.05) is 19.7 Å². The Morgan fingerprint density at radius 2 is 1.55 bits per heavy atom. The predicted molar refractivity (Wildman–Crippen MR) is 130 cm³/mol. The molecule has 1 unspecified atom stereocenters. The van der Waals surface area contributed by atoms with Gasteiger partial charge in [-0.15, -0.1) is 0 Å². The molecule has 4 aliphatic rings. The van der Waals surface area contributed by atoms with Crippen molar-refractivity contribution in [3.8, 4) is 0 Å². The van der Waals surface area contributed by atoms with Crippen molar-refractivity contribution in [3.05, 3.63) is 71.8 Å². The Balaban J connectivity index is 1.11. The summed E-state index contributed by atoms with van der Waals surface area (Å²) in [5.41, 5.74) is 2.32. The third-order valence-electron chi connectivity index (χ3n) is 8.61. The van der Waals surface area contributed by atoms with Gasteiger partial charge in [0.2, 0.25) is 5.91 Å². The second-order valence-corrected chi connectivity index (χ2v) is 10.8. The highest BCUT2D eigenvalue weighted by Gasteiger charge is 2.54. The van der Waals surface area contributed by atoms with Crippen molar-refractivity contribution >= 4 is 5.91 Å². The molecule has 1 atom stereocenters. The standard InChI is InChI=1S/C29H36N2O2/c32-27(29(14-15-29)24-9-5-2-6-10-24)30-18-16-28(17-19-30)21-26(13-20-33-28)31(25-11-12-25)22-23-7-3-1-4-8-23/h1-10,25-26H,11-22H2. The van der Waals surface area contributed by atoms with Gasteiger partial charge >= 0.3 is 0 Å². The molecule has 4 nitrogen and oxygen atoms in total. The van der Waals surface area contributed by atoms with E-state index in [9.17, 15) is 4.79 Å². The number of hydrogen-bond donors (Lipinski definition) is 0. The van der Waals surface area contributed by atoms with Gasteiger partial charge < -0.3 is 9.64 Å². The lowest BCUT2D eigenvalue weighted by Gasteiger charge is -2.49. The normalized spacial score (nSPS) is 25.8. The third-order valence-corrected chi connectivity index (χ3v) is 8.61. The third kappa shape index (κ3) is 4.24. The zero-order chi connectivity index (χ0) is 22.3. The molecule has 1 amide bonds. The Morgan fingerprint density at radius 1 is 0.879 bits per heavy atom. The van der Waals surface area contributed by atoms with Crippen LogP contribution in [0, 0.1) is 0 Å². The summed E-state index contributed by atoms with van der Waals surface area (Å²) in [5, 5.41) is 0. The molecule has 1 spiro atoms. The predicted octanol–water partition coefficient (Wildman–Crippen LogP) is 4.92. The lowest BCUT2D eigenvalue weighted by atomic mass is 9.81. The molecule has 2 heterocycles. The minimum absolute atomic E-state index is 0.0486. The average Bonchev–Trinajstić information content (AvgIpc) is 3.78. The van der Waals surface area contributed by atoms with Gasteiger partial charge in [0.25, 0.3) is 0 Å². The Kier molecular flexibility index (Phi) is 5.54. The molecule has 2 saturated heterocycles. The zero-order valence-electron chi connectivity index (χ0n) is 19.6. The first-order chi connectivity index (χ1) is 16.2. The van der Waals surface area contributed by atoms with Crippen molar-refractivity contribution in [1.29, 1.82) is 0 Å².